The van der Waals surface area contributed by atoms with E-state index in [0.717, 1.165) is 55.8 Å². The highest BCUT2D eigenvalue weighted by atomic mass is 19.1. The topological polar surface area (TPSA) is 76.6 Å². The molecule has 5 rings (SSSR count). The average Bonchev–Trinajstić information content (AvgIpc) is 3.04. The van der Waals surface area contributed by atoms with E-state index in [1.165, 1.54) is 6.07 Å². The number of benzene rings is 3. The van der Waals surface area contributed by atoms with Gasteiger partial charge in [0.05, 0.1) is 12.6 Å². The average molecular weight is 631 g/mol. The van der Waals surface area contributed by atoms with Crippen LogP contribution >= 0.6 is 0 Å². The number of phenolic OH excluding ortho intramolecular Hbond substituents is 1. The maximum atomic E-state index is 13.9. The molecule has 0 bridgehead atoms. The van der Waals surface area contributed by atoms with Crippen molar-refractivity contribution in [1.29, 1.82) is 0 Å². The molecular formula is C37H47FN4O4. The summed E-state index contributed by atoms with van der Waals surface area (Å²) in [6.07, 6.45) is 1.17. The molecular weight excluding hydrogens is 583 g/mol. The molecule has 2 heterocycles. The smallest absolute Gasteiger partial charge is 0.305 e. The third-order valence-corrected chi connectivity index (χ3v) is 9.22. The van der Waals surface area contributed by atoms with E-state index in [0.29, 0.717) is 38.2 Å². The van der Waals surface area contributed by atoms with Gasteiger partial charge in [-0.1, -0.05) is 36.4 Å². The van der Waals surface area contributed by atoms with Gasteiger partial charge in [0.1, 0.15) is 11.6 Å². The van der Waals surface area contributed by atoms with E-state index in [4.69, 9.17) is 4.74 Å². The number of halogens is 1. The summed E-state index contributed by atoms with van der Waals surface area (Å²) in [5.74, 6) is -0.151. The lowest BCUT2D eigenvalue weighted by atomic mass is 9.92. The predicted molar refractivity (Wildman–Crippen MR) is 177 cm³/mol. The van der Waals surface area contributed by atoms with Crippen LogP contribution in [0.15, 0.2) is 72.8 Å². The largest absolute Gasteiger partial charge is 0.508 e. The minimum atomic E-state index is -0.219. The third kappa shape index (κ3) is 8.51. The fourth-order valence-corrected chi connectivity index (χ4v) is 6.82. The standard InChI is InChI=1S/C37H47FN4O4/c1-4-46-35(44)15-8-16-39-17-19-40(20-18-39)37(45)32-12-6-10-30(22-32)36(31-11-7-14-34(43)23-31)42-25-27(2)41(24-28(42)3)26-29-9-5-13-33(38)21-29/h5-7,9-14,21-23,27-28,36,43H,4,8,15-20,24-26H2,1-3H3/t27-,28+,36-/m1/s1. The number of carbonyl (C=O) groups excluding carboxylic acids is 2. The van der Waals surface area contributed by atoms with Gasteiger partial charge in [-0.2, -0.15) is 0 Å². The van der Waals surface area contributed by atoms with Gasteiger partial charge in [-0.3, -0.25) is 24.3 Å². The lowest BCUT2D eigenvalue weighted by molar-refractivity contribution is -0.143. The van der Waals surface area contributed by atoms with Crippen LogP contribution in [0.3, 0.4) is 0 Å². The van der Waals surface area contributed by atoms with E-state index in [1.54, 1.807) is 18.2 Å². The van der Waals surface area contributed by atoms with Crippen molar-refractivity contribution in [2.75, 3.05) is 52.4 Å². The van der Waals surface area contributed by atoms with Crippen molar-refractivity contribution in [2.24, 2.45) is 0 Å². The normalized spacial score (nSPS) is 20.4. The molecule has 3 atom stereocenters. The number of carbonyl (C=O) groups is 2. The fraction of sp³-hybridized carbons (Fsp3) is 0.459. The van der Waals surface area contributed by atoms with E-state index in [9.17, 15) is 19.1 Å². The summed E-state index contributed by atoms with van der Waals surface area (Å²) in [6, 6.07) is 22.3. The number of phenols is 1. The Balaban J connectivity index is 1.29. The summed E-state index contributed by atoms with van der Waals surface area (Å²) in [5, 5.41) is 10.4. The number of rotatable bonds is 11. The predicted octanol–water partition coefficient (Wildman–Crippen LogP) is 5.32. The van der Waals surface area contributed by atoms with Gasteiger partial charge < -0.3 is 14.7 Å². The molecule has 9 heteroatoms. The van der Waals surface area contributed by atoms with Crippen molar-refractivity contribution in [3.8, 4) is 5.75 Å². The van der Waals surface area contributed by atoms with Gasteiger partial charge >= 0.3 is 5.97 Å². The van der Waals surface area contributed by atoms with Gasteiger partial charge in [-0.25, -0.2) is 4.39 Å². The van der Waals surface area contributed by atoms with Crippen LogP contribution < -0.4 is 0 Å². The molecule has 246 valence electrons. The SMILES string of the molecule is CCOC(=O)CCCN1CCN(C(=O)c2cccc([C@H](c3cccc(O)c3)N3C[C@@H](C)N(Cc4cccc(F)c4)C[C@@H]3C)c2)CC1. The van der Waals surface area contributed by atoms with Crippen LogP contribution in [0.4, 0.5) is 4.39 Å². The summed E-state index contributed by atoms with van der Waals surface area (Å²) in [6.45, 7) is 12.5. The van der Waals surface area contributed by atoms with E-state index >= 15 is 0 Å². The molecule has 0 aromatic heterocycles. The zero-order valence-corrected chi connectivity index (χ0v) is 27.3. The highest BCUT2D eigenvalue weighted by molar-refractivity contribution is 5.94. The van der Waals surface area contributed by atoms with Gasteiger partial charge in [0.15, 0.2) is 0 Å². The zero-order chi connectivity index (χ0) is 32.6. The number of esters is 1. The van der Waals surface area contributed by atoms with Crippen molar-refractivity contribution in [2.45, 2.75) is 58.3 Å². The molecule has 3 aromatic carbocycles. The summed E-state index contributed by atoms with van der Waals surface area (Å²) >= 11 is 0. The first-order valence-corrected chi connectivity index (χ1v) is 16.5. The molecule has 8 nitrogen and oxygen atoms in total. The van der Waals surface area contributed by atoms with Crippen LogP contribution in [0.2, 0.25) is 0 Å². The Labute approximate surface area is 272 Å². The maximum absolute atomic E-state index is 13.9. The molecule has 2 aliphatic rings. The number of aromatic hydroxyl groups is 1. The molecule has 46 heavy (non-hydrogen) atoms. The second kappa shape index (κ2) is 15.7. The van der Waals surface area contributed by atoms with Crippen LogP contribution in [0.5, 0.6) is 5.75 Å². The molecule has 0 saturated carbocycles. The summed E-state index contributed by atoms with van der Waals surface area (Å²) in [7, 11) is 0. The number of ether oxygens (including phenoxy) is 1. The number of hydrogen-bond acceptors (Lipinski definition) is 7. The highest BCUT2D eigenvalue weighted by Gasteiger charge is 2.35. The van der Waals surface area contributed by atoms with Crippen LogP contribution in [0.1, 0.15) is 66.7 Å². The number of piperazine rings is 2. The Kier molecular flexibility index (Phi) is 11.4. The lowest BCUT2D eigenvalue weighted by Gasteiger charge is -2.47. The van der Waals surface area contributed by atoms with Crippen molar-refractivity contribution >= 4 is 11.9 Å². The van der Waals surface area contributed by atoms with Crippen LogP contribution in [0.25, 0.3) is 0 Å². The molecule has 1 N–H and O–H groups in total. The Morgan fingerprint density at radius 3 is 2.35 bits per heavy atom. The monoisotopic (exact) mass is 630 g/mol. The number of nitrogens with zero attached hydrogens (tertiary/aromatic N) is 4. The van der Waals surface area contributed by atoms with E-state index in [1.807, 2.05) is 54.3 Å². The third-order valence-electron chi connectivity index (χ3n) is 9.22. The summed E-state index contributed by atoms with van der Waals surface area (Å²) in [4.78, 5) is 34.5. The van der Waals surface area contributed by atoms with Crippen LogP contribution in [0, 0.1) is 5.82 Å². The van der Waals surface area contributed by atoms with Gasteiger partial charge in [0.25, 0.3) is 5.91 Å². The quantitative estimate of drug-likeness (QED) is 0.288. The number of hydrogen-bond donors (Lipinski definition) is 1. The molecule has 0 aliphatic carbocycles. The fourth-order valence-electron chi connectivity index (χ4n) is 6.82. The highest BCUT2D eigenvalue weighted by Crippen LogP contribution is 2.35. The Morgan fingerprint density at radius 1 is 0.913 bits per heavy atom. The molecule has 1 amide bonds. The van der Waals surface area contributed by atoms with Gasteiger partial charge in [0.2, 0.25) is 0 Å². The van der Waals surface area contributed by atoms with Gasteiger partial charge in [-0.15, -0.1) is 0 Å². The maximum Gasteiger partial charge on any atom is 0.305 e. The summed E-state index contributed by atoms with van der Waals surface area (Å²) < 4.78 is 18.9. The first kappa shape index (κ1) is 33.6. The molecule has 0 radical (unpaired) electrons. The van der Waals surface area contributed by atoms with Gasteiger partial charge in [-0.05, 0) is 86.8 Å². The van der Waals surface area contributed by atoms with E-state index < -0.39 is 0 Å². The minimum Gasteiger partial charge on any atom is -0.508 e. The van der Waals surface area contributed by atoms with Gasteiger partial charge in [0, 0.05) is 69.9 Å². The molecule has 2 aliphatic heterocycles. The zero-order valence-electron chi connectivity index (χ0n) is 27.3. The Morgan fingerprint density at radius 2 is 1.63 bits per heavy atom. The summed E-state index contributed by atoms with van der Waals surface area (Å²) in [5.41, 5.74) is 3.59. The minimum absolute atomic E-state index is 0.0176. The Bertz CT molecular complexity index is 1480. The molecule has 2 saturated heterocycles. The van der Waals surface area contributed by atoms with E-state index in [2.05, 4.69) is 34.6 Å². The second-order valence-corrected chi connectivity index (χ2v) is 12.6. The Hall–Kier alpha value is -3.79. The van der Waals surface area contributed by atoms with E-state index in [-0.39, 0.29) is 41.6 Å². The van der Waals surface area contributed by atoms with Crippen LogP contribution in [-0.4, -0.2) is 101 Å². The molecule has 0 unspecified atom stereocenters. The molecule has 3 aromatic rings. The lowest BCUT2D eigenvalue weighted by Crippen LogP contribution is -2.56. The van der Waals surface area contributed by atoms with Crippen molar-refractivity contribution < 1.29 is 23.8 Å². The van der Waals surface area contributed by atoms with Crippen LogP contribution in [-0.2, 0) is 16.1 Å². The van der Waals surface area contributed by atoms with Crippen molar-refractivity contribution in [3.05, 3.63) is 101 Å². The second-order valence-electron chi connectivity index (χ2n) is 12.6. The number of amides is 1. The molecule has 0 spiro atoms. The first-order chi connectivity index (χ1) is 22.2. The van der Waals surface area contributed by atoms with Crippen molar-refractivity contribution in [3.63, 3.8) is 0 Å². The van der Waals surface area contributed by atoms with Crippen molar-refractivity contribution in [1.82, 2.24) is 19.6 Å². The molecule has 2 fully saturated rings. The first-order valence-electron chi connectivity index (χ1n) is 16.5.